The monoisotopic (exact) mass is 262 g/mol. The van der Waals surface area contributed by atoms with Crippen LogP contribution in [-0.4, -0.2) is 5.54 Å². The zero-order chi connectivity index (χ0) is 14.1. The van der Waals surface area contributed by atoms with E-state index in [4.69, 9.17) is 0 Å². The van der Waals surface area contributed by atoms with E-state index in [9.17, 15) is 5.26 Å². The Morgan fingerprint density at radius 3 is 2.06 bits per heavy atom. The second-order valence-corrected chi connectivity index (χ2v) is 7.13. The van der Waals surface area contributed by atoms with Crippen molar-refractivity contribution in [1.29, 1.82) is 5.26 Å². The number of nitriles is 1. The summed E-state index contributed by atoms with van der Waals surface area (Å²) in [5.41, 5.74) is 2.56. The summed E-state index contributed by atoms with van der Waals surface area (Å²) in [5, 5.41) is 12.7. The van der Waals surface area contributed by atoms with E-state index in [1.54, 1.807) is 0 Å². The van der Waals surface area contributed by atoms with Gasteiger partial charge in [-0.15, -0.1) is 12.6 Å². The van der Waals surface area contributed by atoms with E-state index in [1.165, 1.54) is 0 Å². The van der Waals surface area contributed by atoms with Crippen LogP contribution in [-0.2, 0) is 5.41 Å². The van der Waals surface area contributed by atoms with E-state index in [0.717, 1.165) is 16.1 Å². The Hall–Kier alpha value is -1.14. The highest BCUT2D eigenvalue weighted by Gasteiger charge is 2.21. The average Bonchev–Trinajstić information content (AvgIpc) is 2.17. The largest absolute Gasteiger partial charge is 0.380 e. The Labute approximate surface area is 116 Å². The van der Waals surface area contributed by atoms with Gasteiger partial charge in [-0.25, -0.2) is 0 Å². The fraction of sp³-hybridized carbons (Fsp3) is 0.533. The molecule has 0 bridgehead atoms. The molecule has 0 fully saturated rings. The van der Waals surface area contributed by atoms with Crippen molar-refractivity contribution in [1.82, 2.24) is 0 Å². The Kier molecular flexibility index (Phi) is 4.02. The van der Waals surface area contributed by atoms with Crippen molar-refractivity contribution >= 4 is 18.3 Å². The van der Waals surface area contributed by atoms with Gasteiger partial charge in [-0.2, -0.15) is 5.26 Å². The molecule has 0 heterocycles. The molecule has 2 nitrogen and oxygen atoms in total. The smallest absolute Gasteiger partial charge is 0.0995 e. The lowest BCUT2D eigenvalue weighted by atomic mass is 9.84. The van der Waals surface area contributed by atoms with Gasteiger partial charge in [-0.3, -0.25) is 0 Å². The first-order valence-electron chi connectivity index (χ1n) is 6.10. The minimum atomic E-state index is -0.0528. The van der Waals surface area contributed by atoms with Crippen LogP contribution >= 0.6 is 12.6 Å². The minimum absolute atomic E-state index is 0.0482. The molecule has 0 radical (unpaired) electrons. The van der Waals surface area contributed by atoms with Crippen LogP contribution in [0.4, 0.5) is 5.69 Å². The van der Waals surface area contributed by atoms with E-state index >= 15 is 0 Å². The van der Waals surface area contributed by atoms with Gasteiger partial charge in [0.05, 0.1) is 11.6 Å². The van der Waals surface area contributed by atoms with Crippen molar-refractivity contribution in [3.63, 3.8) is 0 Å². The molecule has 1 aromatic carbocycles. The summed E-state index contributed by atoms with van der Waals surface area (Å²) in [5.74, 6) is 0. The van der Waals surface area contributed by atoms with Crippen LogP contribution in [0.2, 0.25) is 0 Å². The van der Waals surface area contributed by atoms with E-state index in [1.807, 2.05) is 12.1 Å². The second kappa shape index (κ2) is 4.85. The van der Waals surface area contributed by atoms with Gasteiger partial charge < -0.3 is 5.32 Å². The number of nitrogens with one attached hydrogen (secondary N) is 1. The summed E-state index contributed by atoms with van der Waals surface area (Å²) in [6, 6.07) is 6.17. The van der Waals surface area contributed by atoms with Gasteiger partial charge in [0.25, 0.3) is 0 Å². The Balaban J connectivity index is 3.33. The molecule has 0 amide bonds. The van der Waals surface area contributed by atoms with E-state index in [-0.39, 0.29) is 11.0 Å². The third kappa shape index (κ3) is 3.68. The van der Waals surface area contributed by atoms with Crippen LogP contribution in [0.25, 0.3) is 0 Å². The van der Waals surface area contributed by atoms with Gasteiger partial charge in [-0.1, -0.05) is 20.8 Å². The summed E-state index contributed by atoms with van der Waals surface area (Å²) in [4.78, 5) is 0.883. The second-order valence-electron chi connectivity index (χ2n) is 6.65. The normalized spacial score (nSPS) is 12.1. The third-order valence-electron chi connectivity index (χ3n) is 2.57. The highest BCUT2D eigenvalue weighted by Crippen LogP contribution is 2.33. The molecule has 0 aliphatic carbocycles. The molecule has 0 saturated heterocycles. The van der Waals surface area contributed by atoms with Gasteiger partial charge in [-0.05, 0) is 43.9 Å². The number of benzene rings is 1. The van der Waals surface area contributed by atoms with Crippen molar-refractivity contribution in [2.24, 2.45) is 0 Å². The van der Waals surface area contributed by atoms with Crippen LogP contribution in [0.1, 0.15) is 52.7 Å². The van der Waals surface area contributed by atoms with Crippen LogP contribution in [0.5, 0.6) is 0 Å². The number of thiol groups is 1. The van der Waals surface area contributed by atoms with Gasteiger partial charge in [0.2, 0.25) is 0 Å². The van der Waals surface area contributed by atoms with E-state index in [0.29, 0.717) is 5.56 Å². The topological polar surface area (TPSA) is 35.8 Å². The third-order valence-corrected chi connectivity index (χ3v) is 2.94. The molecule has 0 aliphatic rings. The predicted molar refractivity (Wildman–Crippen MR) is 80.5 cm³/mol. The molecule has 0 saturated carbocycles. The Morgan fingerprint density at radius 1 is 1.11 bits per heavy atom. The van der Waals surface area contributed by atoms with Crippen molar-refractivity contribution in [3.05, 3.63) is 23.3 Å². The molecular weight excluding hydrogens is 240 g/mol. The zero-order valence-corrected chi connectivity index (χ0v) is 12.9. The average molecular weight is 262 g/mol. The molecule has 1 N–H and O–H groups in total. The number of hydrogen-bond acceptors (Lipinski definition) is 3. The molecule has 0 atom stereocenters. The minimum Gasteiger partial charge on any atom is -0.380 e. The number of nitrogens with zero attached hydrogens (tertiary/aromatic N) is 1. The highest BCUT2D eigenvalue weighted by atomic mass is 32.1. The number of anilines is 1. The van der Waals surface area contributed by atoms with Crippen LogP contribution < -0.4 is 5.32 Å². The molecule has 0 aliphatic heterocycles. The van der Waals surface area contributed by atoms with Crippen LogP contribution in [0.15, 0.2) is 17.0 Å². The molecule has 0 aromatic heterocycles. The maximum atomic E-state index is 9.29. The maximum Gasteiger partial charge on any atom is 0.0995 e. The first kappa shape index (κ1) is 14.9. The Bertz CT molecular complexity index is 485. The van der Waals surface area contributed by atoms with Gasteiger partial charge in [0.1, 0.15) is 0 Å². The SMILES string of the molecule is CC(C)(C)Nc1cc(C#N)c(C(C)(C)C)cc1S. The molecule has 98 valence electrons. The fourth-order valence-corrected chi connectivity index (χ4v) is 2.05. The van der Waals surface area contributed by atoms with Gasteiger partial charge in [0, 0.05) is 16.1 Å². The van der Waals surface area contributed by atoms with Crippen molar-refractivity contribution in [3.8, 4) is 6.07 Å². The van der Waals surface area contributed by atoms with E-state index in [2.05, 4.69) is 65.6 Å². The van der Waals surface area contributed by atoms with Crippen molar-refractivity contribution in [2.75, 3.05) is 5.32 Å². The number of hydrogen-bond donors (Lipinski definition) is 2. The maximum absolute atomic E-state index is 9.29. The summed E-state index contributed by atoms with van der Waals surface area (Å²) < 4.78 is 0. The van der Waals surface area contributed by atoms with Gasteiger partial charge in [0.15, 0.2) is 0 Å². The molecule has 18 heavy (non-hydrogen) atoms. The summed E-state index contributed by atoms with van der Waals surface area (Å²) in [6.45, 7) is 12.6. The summed E-state index contributed by atoms with van der Waals surface area (Å²) >= 11 is 4.53. The molecule has 0 spiro atoms. The quantitative estimate of drug-likeness (QED) is 0.738. The molecular formula is C15H22N2S. The first-order chi connectivity index (χ1) is 8.04. The lowest BCUT2D eigenvalue weighted by molar-refractivity contribution is 0.586. The summed E-state index contributed by atoms with van der Waals surface area (Å²) in [7, 11) is 0. The molecule has 1 rings (SSSR count). The van der Waals surface area contributed by atoms with Crippen molar-refractivity contribution < 1.29 is 0 Å². The zero-order valence-electron chi connectivity index (χ0n) is 12.0. The summed E-state index contributed by atoms with van der Waals surface area (Å²) in [6.07, 6.45) is 0. The molecule has 1 aromatic rings. The fourth-order valence-electron chi connectivity index (χ4n) is 1.81. The van der Waals surface area contributed by atoms with Crippen LogP contribution in [0, 0.1) is 11.3 Å². The predicted octanol–water partition coefficient (Wildman–Crippen LogP) is 4.35. The molecule has 0 unspecified atom stereocenters. The Morgan fingerprint density at radius 2 is 1.67 bits per heavy atom. The number of rotatable bonds is 1. The molecule has 3 heteroatoms. The highest BCUT2D eigenvalue weighted by molar-refractivity contribution is 7.80. The standard InChI is InChI=1S/C15H22N2S/c1-14(2,3)11-8-13(18)12(7-10(11)9-16)17-15(4,5)6/h7-8,17-18H,1-6H3. The first-order valence-corrected chi connectivity index (χ1v) is 6.55. The van der Waals surface area contributed by atoms with Crippen LogP contribution in [0.3, 0.4) is 0 Å². The van der Waals surface area contributed by atoms with Crippen molar-refractivity contribution in [2.45, 2.75) is 57.4 Å². The lowest BCUT2D eigenvalue weighted by Crippen LogP contribution is -2.26. The lowest BCUT2D eigenvalue weighted by Gasteiger charge is -2.26. The van der Waals surface area contributed by atoms with E-state index < -0.39 is 0 Å². The van der Waals surface area contributed by atoms with Gasteiger partial charge >= 0.3 is 0 Å².